The highest BCUT2D eigenvalue weighted by atomic mass is 79.9. The Bertz CT molecular complexity index is 743. The molecule has 0 atom stereocenters. The van der Waals surface area contributed by atoms with Crippen LogP contribution in [-0.4, -0.2) is 8.42 Å². The van der Waals surface area contributed by atoms with Crippen molar-refractivity contribution >= 4 is 31.5 Å². The smallest absolute Gasteiger partial charge is 0.184 e. The maximum absolute atomic E-state index is 13.2. The van der Waals surface area contributed by atoms with Gasteiger partial charge in [0.15, 0.2) is 9.84 Å². The molecule has 0 amide bonds. The summed E-state index contributed by atoms with van der Waals surface area (Å²) in [7, 11) is -3.77. The maximum Gasteiger partial charge on any atom is 0.184 e. The van der Waals surface area contributed by atoms with Crippen LogP contribution in [0.4, 0.5) is 14.5 Å². The predicted octanol–water partition coefficient (Wildman–Crippen LogP) is 3.28. The van der Waals surface area contributed by atoms with Gasteiger partial charge in [0.1, 0.15) is 11.6 Å². The molecule has 2 N–H and O–H groups in total. The quantitative estimate of drug-likeness (QED) is 0.673. The zero-order valence-electron chi connectivity index (χ0n) is 10.1. The minimum Gasteiger partial charge on any atom is -0.398 e. The highest BCUT2D eigenvalue weighted by molar-refractivity contribution is 9.10. The molecule has 3 nitrogen and oxygen atoms in total. The lowest BCUT2D eigenvalue weighted by Crippen LogP contribution is -2.08. The van der Waals surface area contributed by atoms with Crippen LogP contribution < -0.4 is 5.73 Å². The molecule has 0 aliphatic heterocycles. The lowest BCUT2D eigenvalue weighted by molar-refractivity contribution is 0.594. The second-order valence-corrected chi connectivity index (χ2v) is 7.09. The van der Waals surface area contributed by atoms with Crippen LogP contribution in [0.25, 0.3) is 0 Å². The van der Waals surface area contributed by atoms with Crippen molar-refractivity contribution in [1.29, 1.82) is 0 Å². The number of benzene rings is 2. The van der Waals surface area contributed by atoms with Crippen molar-refractivity contribution in [2.75, 3.05) is 5.73 Å². The molecule has 2 aromatic carbocycles. The van der Waals surface area contributed by atoms with Crippen LogP contribution in [0.2, 0.25) is 0 Å². The Balaban J connectivity index is 2.40. The Morgan fingerprint density at radius 1 is 1.05 bits per heavy atom. The van der Waals surface area contributed by atoms with Crippen molar-refractivity contribution in [3.05, 3.63) is 58.1 Å². The van der Waals surface area contributed by atoms with Gasteiger partial charge in [-0.3, -0.25) is 0 Å². The average Bonchev–Trinajstić information content (AvgIpc) is 2.25. The molecule has 0 aromatic heterocycles. The van der Waals surface area contributed by atoms with Gasteiger partial charge < -0.3 is 5.73 Å². The van der Waals surface area contributed by atoms with Gasteiger partial charge in [-0.25, -0.2) is 17.2 Å². The number of sulfone groups is 1. The summed E-state index contributed by atoms with van der Waals surface area (Å²) in [5, 5.41) is 0. The fourth-order valence-electron chi connectivity index (χ4n) is 1.79. The normalized spacial score (nSPS) is 11.6. The molecule has 0 saturated carbocycles. The number of nitrogens with two attached hydrogens (primary N) is 1. The molecule has 0 spiro atoms. The number of rotatable bonds is 3. The van der Waals surface area contributed by atoms with E-state index in [1.54, 1.807) is 0 Å². The highest BCUT2D eigenvalue weighted by Crippen LogP contribution is 2.25. The molecule has 0 fully saturated rings. The molecule has 0 aliphatic rings. The maximum atomic E-state index is 13.2. The molecule has 7 heteroatoms. The number of anilines is 1. The van der Waals surface area contributed by atoms with Gasteiger partial charge in [-0.2, -0.15) is 0 Å². The third-order valence-electron chi connectivity index (χ3n) is 2.59. The lowest BCUT2D eigenvalue weighted by Gasteiger charge is -2.08. The van der Waals surface area contributed by atoms with E-state index >= 15 is 0 Å². The molecular weight excluding hydrogens is 352 g/mol. The molecule has 0 radical (unpaired) electrons. The summed E-state index contributed by atoms with van der Waals surface area (Å²) in [6.07, 6.45) is 0. The van der Waals surface area contributed by atoms with E-state index in [1.165, 1.54) is 12.1 Å². The Morgan fingerprint density at radius 2 is 1.75 bits per heavy atom. The van der Waals surface area contributed by atoms with Crippen molar-refractivity contribution in [2.24, 2.45) is 0 Å². The topological polar surface area (TPSA) is 60.2 Å². The molecule has 0 heterocycles. The zero-order chi connectivity index (χ0) is 14.9. The Hall–Kier alpha value is -1.47. The minimum absolute atomic E-state index is 0.166. The van der Waals surface area contributed by atoms with E-state index < -0.39 is 27.2 Å². The van der Waals surface area contributed by atoms with Crippen molar-refractivity contribution < 1.29 is 17.2 Å². The standard InChI is InChI=1S/C13H10BrF2NO2S/c14-9-3-8(4-11(16)5-9)7-20(18,19)13-2-1-10(15)6-12(13)17/h1-6H,7,17H2. The van der Waals surface area contributed by atoms with Gasteiger partial charge >= 0.3 is 0 Å². The van der Waals surface area contributed by atoms with E-state index in [4.69, 9.17) is 5.73 Å². The SMILES string of the molecule is Nc1cc(F)ccc1S(=O)(=O)Cc1cc(F)cc(Br)c1. The molecule has 2 aromatic rings. The Kier molecular flexibility index (Phi) is 4.10. The van der Waals surface area contributed by atoms with Gasteiger partial charge in [-0.1, -0.05) is 15.9 Å². The molecule has 2 rings (SSSR count). The van der Waals surface area contributed by atoms with Gasteiger partial charge in [0.05, 0.1) is 16.3 Å². The Morgan fingerprint density at radius 3 is 2.35 bits per heavy atom. The number of hydrogen-bond donors (Lipinski definition) is 1. The summed E-state index contributed by atoms with van der Waals surface area (Å²) < 4.78 is 51.0. The number of nitrogen functional groups attached to an aromatic ring is 1. The first-order valence-electron chi connectivity index (χ1n) is 5.51. The summed E-state index contributed by atoms with van der Waals surface area (Å²) in [5.74, 6) is -1.58. The summed E-state index contributed by atoms with van der Waals surface area (Å²) in [4.78, 5) is -0.167. The molecule has 0 aliphatic carbocycles. The molecule has 106 valence electrons. The van der Waals surface area contributed by atoms with Crippen LogP contribution in [0.5, 0.6) is 0 Å². The molecular formula is C13H10BrF2NO2S. The third kappa shape index (κ3) is 3.34. The van der Waals surface area contributed by atoms with Crippen LogP contribution in [0.1, 0.15) is 5.56 Å². The first-order chi connectivity index (χ1) is 9.28. The second-order valence-electron chi connectivity index (χ2n) is 4.22. The largest absolute Gasteiger partial charge is 0.398 e. The molecule has 0 bridgehead atoms. The fraction of sp³-hybridized carbons (Fsp3) is 0.0769. The van der Waals surface area contributed by atoms with Gasteiger partial charge in [0, 0.05) is 4.47 Å². The summed E-state index contributed by atoms with van der Waals surface area (Å²) in [6.45, 7) is 0. The second kappa shape index (κ2) is 5.49. The van der Waals surface area contributed by atoms with E-state index in [0.29, 0.717) is 4.47 Å². The minimum atomic E-state index is -3.77. The molecule has 20 heavy (non-hydrogen) atoms. The van der Waals surface area contributed by atoms with E-state index in [9.17, 15) is 17.2 Å². The summed E-state index contributed by atoms with van der Waals surface area (Å²) in [5.41, 5.74) is 5.63. The third-order valence-corrected chi connectivity index (χ3v) is 4.80. The molecule has 0 saturated heterocycles. The first-order valence-corrected chi connectivity index (χ1v) is 7.95. The van der Waals surface area contributed by atoms with Crippen LogP contribution in [-0.2, 0) is 15.6 Å². The van der Waals surface area contributed by atoms with E-state index in [1.807, 2.05) is 0 Å². The van der Waals surface area contributed by atoms with Crippen molar-refractivity contribution in [1.82, 2.24) is 0 Å². The predicted molar refractivity (Wildman–Crippen MR) is 75.8 cm³/mol. The van der Waals surface area contributed by atoms with Crippen LogP contribution >= 0.6 is 15.9 Å². The molecule has 0 unspecified atom stereocenters. The van der Waals surface area contributed by atoms with Crippen LogP contribution in [0.3, 0.4) is 0 Å². The van der Waals surface area contributed by atoms with Gasteiger partial charge in [-0.05, 0) is 42.0 Å². The average molecular weight is 362 g/mol. The van der Waals surface area contributed by atoms with Gasteiger partial charge in [0.25, 0.3) is 0 Å². The van der Waals surface area contributed by atoms with Crippen LogP contribution in [0, 0.1) is 11.6 Å². The summed E-state index contributed by atoms with van der Waals surface area (Å²) in [6, 6.07) is 6.91. The summed E-state index contributed by atoms with van der Waals surface area (Å²) >= 11 is 3.09. The van der Waals surface area contributed by atoms with Gasteiger partial charge in [0.2, 0.25) is 0 Å². The number of halogens is 3. The van der Waals surface area contributed by atoms with Crippen LogP contribution in [0.15, 0.2) is 45.8 Å². The Labute approximate surface area is 123 Å². The number of hydrogen-bond acceptors (Lipinski definition) is 3. The van der Waals surface area contributed by atoms with Crippen molar-refractivity contribution in [3.63, 3.8) is 0 Å². The lowest BCUT2D eigenvalue weighted by atomic mass is 10.2. The van der Waals surface area contributed by atoms with E-state index in [-0.39, 0.29) is 16.1 Å². The first kappa shape index (κ1) is 14.9. The van der Waals surface area contributed by atoms with Crippen molar-refractivity contribution in [3.8, 4) is 0 Å². The van der Waals surface area contributed by atoms with E-state index in [2.05, 4.69) is 15.9 Å². The van der Waals surface area contributed by atoms with E-state index in [0.717, 1.165) is 24.3 Å². The fourth-order valence-corrected chi connectivity index (χ4v) is 3.76. The monoisotopic (exact) mass is 361 g/mol. The zero-order valence-corrected chi connectivity index (χ0v) is 12.5. The van der Waals surface area contributed by atoms with Gasteiger partial charge in [-0.15, -0.1) is 0 Å². The van der Waals surface area contributed by atoms with Crippen molar-refractivity contribution in [2.45, 2.75) is 10.6 Å². The highest BCUT2D eigenvalue weighted by Gasteiger charge is 2.19.